The topological polar surface area (TPSA) is 48.2 Å². The van der Waals surface area contributed by atoms with E-state index >= 15 is 0 Å². The van der Waals surface area contributed by atoms with Crippen molar-refractivity contribution in [2.75, 3.05) is 6.26 Å². The highest BCUT2D eigenvalue weighted by molar-refractivity contribution is 8.13. The fourth-order valence-electron chi connectivity index (χ4n) is 1.99. The fraction of sp³-hybridized carbons (Fsp3) is 0.125. The molecule has 0 bridgehead atoms. The molecule has 0 aliphatic rings. The second-order valence-electron chi connectivity index (χ2n) is 4.45. The van der Waals surface area contributed by atoms with Gasteiger partial charge in [0.2, 0.25) is 0 Å². The van der Waals surface area contributed by atoms with Gasteiger partial charge in [-0.3, -0.25) is 5.32 Å². The van der Waals surface area contributed by atoms with Crippen LogP contribution in [0.5, 0.6) is 0 Å². The van der Waals surface area contributed by atoms with E-state index in [1.165, 1.54) is 23.9 Å². The van der Waals surface area contributed by atoms with Gasteiger partial charge >= 0.3 is 6.18 Å². The minimum absolute atomic E-state index is 0.121. The van der Waals surface area contributed by atoms with Gasteiger partial charge in [-0.1, -0.05) is 42.1 Å². The lowest BCUT2D eigenvalue weighted by Gasteiger charge is -2.12. The minimum atomic E-state index is -4.41. The monoisotopic (exact) mass is 335 g/mol. The molecule has 2 aromatic rings. The molecule has 0 amide bonds. The lowest BCUT2D eigenvalue weighted by atomic mass is 9.99. The number of thioether (sulfide) groups is 1. The number of aliphatic imine (C=N–C) groups is 1. The van der Waals surface area contributed by atoms with Gasteiger partial charge in [0.1, 0.15) is 0 Å². The second-order valence-corrected chi connectivity index (χ2v) is 5.24. The van der Waals surface area contributed by atoms with Gasteiger partial charge in [0.05, 0.1) is 11.3 Å². The van der Waals surface area contributed by atoms with Gasteiger partial charge in [0, 0.05) is 0 Å². The molecule has 0 unspecified atom stereocenters. The Morgan fingerprint density at radius 2 is 1.78 bits per heavy atom. The van der Waals surface area contributed by atoms with Gasteiger partial charge in [-0.25, -0.2) is 4.99 Å². The number of rotatable bonds is 2. The van der Waals surface area contributed by atoms with Crippen molar-refractivity contribution in [3.63, 3.8) is 0 Å². The van der Waals surface area contributed by atoms with E-state index < -0.39 is 11.7 Å². The molecule has 0 radical (unpaired) electrons. The molecule has 2 aromatic carbocycles. The molecule has 0 aromatic heterocycles. The summed E-state index contributed by atoms with van der Waals surface area (Å²) < 4.78 is 39.2. The van der Waals surface area contributed by atoms with Gasteiger partial charge < -0.3 is 0 Å². The fourth-order valence-corrected chi connectivity index (χ4v) is 2.33. The highest BCUT2D eigenvalue weighted by atomic mass is 32.2. The minimum Gasteiger partial charge on any atom is -0.271 e. The first kappa shape index (κ1) is 16.9. The van der Waals surface area contributed by atoms with Crippen LogP contribution in [0.3, 0.4) is 0 Å². The van der Waals surface area contributed by atoms with Gasteiger partial charge in [0.25, 0.3) is 0 Å². The molecule has 2 rings (SSSR count). The number of nitrogens with one attached hydrogen (secondary N) is 1. The summed E-state index contributed by atoms with van der Waals surface area (Å²) in [6.45, 7) is 0. The van der Waals surface area contributed by atoms with Crippen LogP contribution in [0.25, 0.3) is 11.1 Å². The maximum absolute atomic E-state index is 13.1. The van der Waals surface area contributed by atoms with Crippen molar-refractivity contribution in [1.82, 2.24) is 5.32 Å². The van der Waals surface area contributed by atoms with Gasteiger partial charge in [0.15, 0.2) is 11.4 Å². The van der Waals surface area contributed by atoms with Crippen LogP contribution in [0.15, 0.2) is 53.5 Å². The predicted molar refractivity (Wildman–Crippen MR) is 86.2 cm³/mol. The number of benzene rings is 2. The van der Waals surface area contributed by atoms with E-state index in [4.69, 9.17) is 5.26 Å². The molecule has 1 N–H and O–H groups in total. The molecule has 23 heavy (non-hydrogen) atoms. The molecule has 0 atom stereocenters. The number of hydrogen-bond acceptors (Lipinski definition) is 3. The number of hydrogen-bond donors (Lipinski definition) is 1. The Morgan fingerprint density at radius 3 is 2.35 bits per heavy atom. The zero-order valence-corrected chi connectivity index (χ0v) is 12.9. The largest absolute Gasteiger partial charge is 0.417 e. The zero-order valence-electron chi connectivity index (χ0n) is 12.1. The van der Waals surface area contributed by atoms with Gasteiger partial charge in [-0.2, -0.15) is 18.4 Å². The van der Waals surface area contributed by atoms with E-state index in [0.717, 1.165) is 6.07 Å². The normalized spacial score (nSPS) is 11.9. The van der Waals surface area contributed by atoms with Crippen molar-refractivity contribution in [1.29, 1.82) is 5.26 Å². The van der Waals surface area contributed by atoms with Crippen LogP contribution >= 0.6 is 11.8 Å². The lowest BCUT2D eigenvalue weighted by molar-refractivity contribution is -0.137. The molecule has 0 fully saturated rings. The average molecular weight is 335 g/mol. The molecule has 0 saturated heterocycles. The van der Waals surface area contributed by atoms with Crippen LogP contribution in [0, 0.1) is 11.5 Å². The standard InChI is InChI=1S/C16H12F3N3S/c1-23-15(21-10-20)22-12-8-6-11(7-9-12)13-4-2-3-5-14(13)16(17,18)19/h2-9H,1H3,(H,21,22). The molecule has 7 heteroatoms. The van der Waals surface area contributed by atoms with Crippen molar-refractivity contribution in [2.24, 2.45) is 4.99 Å². The first-order chi connectivity index (χ1) is 11.0. The highest BCUT2D eigenvalue weighted by Gasteiger charge is 2.33. The molecule has 0 aliphatic carbocycles. The van der Waals surface area contributed by atoms with E-state index in [0.29, 0.717) is 16.4 Å². The summed E-state index contributed by atoms with van der Waals surface area (Å²) in [4.78, 5) is 4.20. The first-order valence-electron chi connectivity index (χ1n) is 6.50. The Hall–Kier alpha value is -2.46. The Balaban J connectivity index is 2.37. The summed E-state index contributed by atoms with van der Waals surface area (Å²) >= 11 is 1.26. The lowest BCUT2D eigenvalue weighted by Crippen LogP contribution is -2.12. The molecule has 3 nitrogen and oxygen atoms in total. The van der Waals surface area contributed by atoms with Crippen LogP contribution in [0.1, 0.15) is 5.56 Å². The van der Waals surface area contributed by atoms with E-state index in [-0.39, 0.29) is 5.56 Å². The maximum Gasteiger partial charge on any atom is 0.417 e. The molecule has 0 saturated carbocycles. The summed E-state index contributed by atoms with van der Waals surface area (Å²) in [6.07, 6.45) is -0.872. The summed E-state index contributed by atoms with van der Waals surface area (Å²) in [5.41, 5.74) is 0.448. The molecule has 0 aliphatic heterocycles. The van der Waals surface area contributed by atoms with Crippen molar-refractivity contribution in [2.45, 2.75) is 6.18 Å². The van der Waals surface area contributed by atoms with Crippen molar-refractivity contribution in [3.8, 4) is 17.3 Å². The molecule has 0 heterocycles. The van der Waals surface area contributed by atoms with E-state index in [1.807, 2.05) is 0 Å². The third-order valence-corrected chi connectivity index (χ3v) is 3.58. The zero-order chi connectivity index (χ0) is 16.9. The third kappa shape index (κ3) is 4.27. The number of alkyl halides is 3. The third-order valence-electron chi connectivity index (χ3n) is 3.00. The quantitative estimate of drug-likeness (QED) is 0.371. The van der Waals surface area contributed by atoms with Crippen LogP contribution < -0.4 is 5.32 Å². The Labute approximate surface area is 135 Å². The summed E-state index contributed by atoms with van der Waals surface area (Å²) in [5.74, 6) is 0. The molecular formula is C16H12F3N3S. The summed E-state index contributed by atoms with van der Waals surface area (Å²) in [7, 11) is 0. The number of halogens is 3. The van der Waals surface area contributed by atoms with Crippen molar-refractivity contribution >= 4 is 22.6 Å². The summed E-state index contributed by atoms with van der Waals surface area (Å²) in [6, 6.07) is 11.8. The highest BCUT2D eigenvalue weighted by Crippen LogP contribution is 2.37. The number of nitriles is 1. The average Bonchev–Trinajstić information content (AvgIpc) is 2.54. The SMILES string of the molecule is CSC(=Nc1ccc(-c2ccccc2C(F)(F)F)cc1)NC#N. The first-order valence-corrected chi connectivity index (χ1v) is 7.72. The van der Waals surface area contributed by atoms with Crippen LogP contribution in [-0.2, 0) is 6.18 Å². The van der Waals surface area contributed by atoms with Crippen molar-refractivity contribution in [3.05, 3.63) is 54.1 Å². The number of nitrogens with zero attached hydrogens (tertiary/aromatic N) is 2. The summed E-state index contributed by atoms with van der Waals surface area (Å²) in [5, 5.41) is 11.4. The van der Waals surface area contributed by atoms with E-state index in [2.05, 4.69) is 10.3 Å². The Kier molecular flexibility index (Phi) is 5.29. The van der Waals surface area contributed by atoms with Crippen molar-refractivity contribution < 1.29 is 13.2 Å². The van der Waals surface area contributed by atoms with Crippen LogP contribution in [0.4, 0.5) is 18.9 Å². The van der Waals surface area contributed by atoms with Crippen LogP contribution in [-0.4, -0.2) is 11.4 Å². The predicted octanol–water partition coefficient (Wildman–Crippen LogP) is 4.79. The van der Waals surface area contributed by atoms with Gasteiger partial charge in [-0.05, 0) is 35.6 Å². The molecule has 118 valence electrons. The van der Waals surface area contributed by atoms with Gasteiger partial charge in [-0.15, -0.1) is 0 Å². The molecule has 0 spiro atoms. The smallest absolute Gasteiger partial charge is 0.271 e. The Bertz CT molecular complexity index is 746. The Morgan fingerprint density at radius 1 is 1.13 bits per heavy atom. The van der Waals surface area contributed by atoms with E-state index in [1.54, 1.807) is 42.8 Å². The second kappa shape index (κ2) is 7.20. The number of amidine groups is 1. The van der Waals surface area contributed by atoms with E-state index in [9.17, 15) is 13.2 Å². The molecular weight excluding hydrogens is 323 g/mol. The maximum atomic E-state index is 13.1. The van der Waals surface area contributed by atoms with Crippen LogP contribution in [0.2, 0.25) is 0 Å².